The molecule has 1 aromatic carbocycles. The van der Waals surface area contributed by atoms with Crippen LogP contribution in [0.3, 0.4) is 0 Å². The highest BCUT2D eigenvalue weighted by molar-refractivity contribution is 5.63. The molecule has 1 aromatic rings. The van der Waals surface area contributed by atoms with E-state index in [1.165, 1.54) is 19.2 Å². The van der Waals surface area contributed by atoms with Gasteiger partial charge in [0.05, 0.1) is 36.0 Å². The molecule has 2 rings (SSSR count). The van der Waals surface area contributed by atoms with Gasteiger partial charge < -0.3 is 19.8 Å². The fourth-order valence-electron chi connectivity index (χ4n) is 2.01. The molecule has 1 fully saturated rings. The minimum absolute atomic E-state index is 0.0594. The number of ether oxygens (including phenoxy) is 1. The van der Waals surface area contributed by atoms with Crippen LogP contribution in [0.5, 0.6) is 5.75 Å². The summed E-state index contributed by atoms with van der Waals surface area (Å²) in [6, 6.07) is 4.25. The lowest BCUT2D eigenvalue weighted by atomic mass is 10.2. The standard InChI is InChI=1S/C11H14N2O5/c1-18-11-4-7(13(16)17)2-3-8(11)12-5-9(14)10(15)6-12/h2-4,9-10,14-15H,5-6H2,1H3/t9-,10-/m1/s1. The highest BCUT2D eigenvalue weighted by Crippen LogP contribution is 2.34. The van der Waals surface area contributed by atoms with Gasteiger partial charge in [-0.3, -0.25) is 10.1 Å². The van der Waals surface area contributed by atoms with E-state index in [0.29, 0.717) is 11.4 Å². The van der Waals surface area contributed by atoms with Crippen LogP contribution in [-0.2, 0) is 0 Å². The Hall–Kier alpha value is -1.86. The van der Waals surface area contributed by atoms with E-state index in [-0.39, 0.29) is 18.8 Å². The molecule has 1 aliphatic heterocycles. The first-order chi connectivity index (χ1) is 8.52. The van der Waals surface area contributed by atoms with Gasteiger partial charge in [0.2, 0.25) is 0 Å². The van der Waals surface area contributed by atoms with Crippen molar-refractivity contribution in [1.29, 1.82) is 0 Å². The molecule has 0 aliphatic carbocycles. The Kier molecular flexibility index (Phi) is 3.35. The van der Waals surface area contributed by atoms with Crippen LogP contribution in [0.1, 0.15) is 0 Å². The number of non-ortho nitro benzene ring substituents is 1. The second-order valence-corrected chi connectivity index (χ2v) is 4.15. The number of anilines is 1. The van der Waals surface area contributed by atoms with Crippen LogP contribution >= 0.6 is 0 Å². The number of hydrogen-bond donors (Lipinski definition) is 2. The molecule has 7 heteroatoms. The van der Waals surface area contributed by atoms with Gasteiger partial charge in [0, 0.05) is 19.2 Å². The molecule has 0 saturated carbocycles. The third-order valence-electron chi connectivity index (χ3n) is 2.97. The first-order valence-corrected chi connectivity index (χ1v) is 5.46. The molecule has 18 heavy (non-hydrogen) atoms. The fraction of sp³-hybridized carbons (Fsp3) is 0.455. The zero-order valence-corrected chi connectivity index (χ0v) is 9.81. The van der Waals surface area contributed by atoms with Crippen molar-refractivity contribution in [3.8, 4) is 5.75 Å². The van der Waals surface area contributed by atoms with E-state index in [2.05, 4.69) is 0 Å². The first kappa shape index (κ1) is 12.6. The van der Waals surface area contributed by atoms with Gasteiger partial charge in [-0.25, -0.2) is 0 Å². The Labute approximate surface area is 103 Å². The first-order valence-electron chi connectivity index (χ1n) is 5.46. The summed E-state index contributed by atoms with van der Waals surface area (Å²) in [7, 11) is 1.42. The van der Waals surface area contributed by atoms with Gasteiger partial charge in [0.1, 0.15) is 5.75 Å². The molecule has 0 spiro atoms. The molecule has 1 heterocycles. The number of benzene rings is 1. The third-order valence-corrected chi connectivity index (χ3v) is 2.97. The number of methoxy groups -OCH3 is 1. The van der Waals surface area contributed by atoms with Gasteiger partial charge in [-0.2, -0.15) is 0 Å². The van der Waals surface area contributed by atoms with E-state index in [1.54, 1.807) is 11.0 Å². The van der Waals surface area contributed by atoms with Crippen molar-refractivity contribution in [2.24, 2.45) is 0 Å². The average Bonchev–Trinajstić information content (AvgIpc) is 2.68. The van der Waals surface area contributed by atoms with Crippen molar-refractivity contribution in [2.75, 3.05) is 25.1 Å². The second kappa shape index (κ2) is 4.79. The van der Waals surface area contributed by atoms with Crippen molar-refractivity contribution in [2.45, 2.75) is 12.2 Å². The van der Waals surface area contributed by atoms with Crippen LogP contribution in [0.2, 0.25) is 0 Å². The van der Waals surface area contributed by atoms with Crippen LogP contribution < -0.4 is 9.64 Å². The van der Waals surface area contributed by atoms with Crippen LogP contribution in [0.15, 0.2) is 18.2 Å². The molecule has 0 radical (unpaired) electrons. The van der Waals surface area contributed by atoms with Crippen molar-refractivity contribution in [1.82, 2.24) is 0 Å². The number of β-amino-alcohol motifs (C(OH)–C–C–N with tert-alkyl or cyclic N) is 2. The average molecular weight is 254 g/mol. The lowest BCUT2D eigenvalue weighted by Gasteiger charge is -2.20. The molecule has 98 valence electrons. The number of nitrogens with zero attached hydrogens (tertiary/aromatic N) is 2. The van der Waals surface area contributed by atoms with E-state index >= 15 is 0 Å². The summed E-state index contributed by atoms with van der Waals surface area (Å²) in [5.41, 5.74) is 0.564. The number of aliphatic hydroxyl groups is 2. The minimum atomic E-state index is -0.815. The van der Waals surface area contributed by atoms with E-state index in [9.17, 15) is 20.3 Å². The number of nitro groups is 1. The SMILES string of the molecule is COc1cc([N+](=O)[O-])ccc1N1C[C@@H](O)[C@H](O)C1. The minimum Gasteiger partial charge on any atom is -0.494 e. The number of rotatable bonds is 3. The lowest BCUT2D eigenvalue weighted by molar-refractivity contribution is -0.384. The molecule has 2 atom stereocenters. The Morgan fingerprint density at radius 3 is 2.50 bits per heavy atom. The van der Waals surface area contributed by atoms with Crippen LogP contribution in [0.25, 0.3) is 0 Å². The highest BCUT2D eigenvalue weighted by atomic mass is 16.6. The summed E-state index contributed by atoms with van der Waals surface area (Å²) in [4.78, 5) is 11.9. The normalized spacial score (nSPS) is 23.2. The Bertz CT molecular complexity index is 455. The molecule has 0 bridgehead atoms. The van der Waals surface area contributed by atoms with Gasteiger partial charge in [0.15, 0.2) is 0 Å². The van der Waals surface area contributed by atoms with Gasteiger partial charge in [0.25, 0.3) is 5.69 Å². The van der Waals surface area contributed by atoms with Crippen molar-refractivity contribution < 1.29 is 19.9 Å². The van der Waals surface area contributed by atoms with Gasteiger partial charge in [-0.1, -0.05) is 0 Å². The zero-order chi connectivity index (χ0) is 13.3. The summed E-state index contributed by atoms with van der Waals surface area (Å²) in [6.45, 7) is 0.546. The van der Waals surface area contributed by atoms with Gasteiger partial charge >= 0.3 is 0 Å². The maximum Gasteiger partial charge on any atom is 0.273 e. The topological polar surface area (TPSA) is 96.1 Å². The predicted octanol–water partition coefficient (Wildman–Crippen LogP) is 0.145. The highest BCUT2D eigenvalue weighted by Gasteiger charge is 2.31. The zero-order valence-electron chi connectivity index (χ0n) is 9.81. The Morgan fingerprint density at radius 1 is 1.39 bits per heavy atom. The molecule has 2 N–H and O–H groups in total. The molecular formula is C11H14N2O5. The van der Waals surface area contributed by atoms with Crippen molar-refractivity contribution in [3.05, 3.63) is 28.3 Å². The largest absolute Gasteiger partial charge is 0.494 e. The Balaban J connectivity index is 2.31. The van der Waals surface area contributed by atoms with Crippen LogP contribution in [0, 0.1) is 10.1 Å². The molecule has 0 amide bonds. The quantitative estimate of drug-likeness (QED) is 0.588. The van der Waals surface area contributed by atoms with Crippen molar-refractivity contribution in [3.63, 3.8) is 0 Å². The molecular weight excluding hydrogens is 240 g/mol. The monoisotopic (exact) mass is 254 g/mol. The molecule has 7 nitrogen and oxygen atoms in total. The summed E-state index contributed by atoms with van der Waals surface area (Å²) in [5.74, 6) is 0.352. The summed E-state index contributed by atoms with van der Waals surface area (Å²) < 4.78 is 5.11. The number of hydrogen-bond acceptors (Lipinski definition) is 6. The van der Waals surface area contributed by atoms with E-state index in [4.69, 9.17) is 4.74 Å². The van der Waals surface area contributed by atoms with E-state index < -0.39 is 17.1 Å². The summed E-state index contributed by atoms with van der Waals surface area (Å²) >= 11 is 0. The fourth-order valence-corrected chi connectivity index (χ4v) is 2.01. The summed E-state index contributed by atoms with van der Waals surface area (Å²) in [6.07, 6.45) is -1.63. The second-order valence-electron chi connectivity index (χ2n) is 4.15. The third kappa shape index (κ3) is 2.22. The van der Waals surface area contributed by atoms with E-state index in [0.717, 1.165) is 0 Å². The van der Waals surface area contributed by atoms with Crippen molar-refractivity contribution >= 4 is 11.4 Å². The summed E-state index contributed by atoms with van der Waals surface area (Å²) in [5, 5.41) is 29.7. The van der Waals surface area contributed by atoms with Gasteiger partial charge in [-0.05, 0) is 6.07 Å². The molecule has 1 saturated heterocycles. The van der Waals surface area contributed by atoms with Crippen LogP contribution in [0.4, 0.5) is 11.4 Å². The molecule has 0 aromatic heterocycles. The maximum absolute atomic E-state index is 10.7. The van der Waals surface area contributed by atoms with Crippen LogP contribution in [-0.4, -0.2) is 47.5 Å². The Morgan fingerprint density at radius 2 is 2.00 bits per heavy atom. The lowest BCUT2D eigenvalue weighted by Crippen LogP contribution is -2.22. The smallest absolute Gasteiger partial charge is 0.273 e. The van der Waals surface area contributed by atoms with E-state index in [1.807, 2.05) is 0 Å². The maximum atomic E-state index is 10.7. The molecule has 1 aliphatic rings. The predicted molar refractivity (Wildman–Crippen MR) is 63.9 cm³/mol. The molecule has 0 unspecified atom stereocenters. The number of nitro benzene ring substituents is 1. The number of aliphatic hydroxyl groups excluding tert-OH is 2. The van der Waals surface area contributed by atoms with Gasteiger partial charge in [-0.15, -0.1) is 0 Å².